The predicted molar refractivity (Wildman–Crippen MR) is 48.1 cm³/mol. The van der Waals surface area contributed by atoms with Crippen molar-refractivity contribution in [3.63, 3.8) is 0 Å². The van der Waals surface area contributed by atoms with E-state index in [9.17, 15) is 13.6 Å². The second-order valence-corrected chi connectivity index (χ2v) is 3.55. The quantitative estimate of drug-likeness (QED) is 0.839. The number of halogens is 2. The van der Waals surface area contributed by atoms with E-state index in [4.69, 9.17) is 5.11 Å². The average Bonchev–Trinajstić information content (AvgIpc) is 2.99. The summed E-state index contributed by atoms with van der Waals surface area (Å²) in [7, 11) is 0. The van der Waals surface area contributed by atoms with Crippen LogP contribution in [-0.4, -0.2) is 16.1 Å². The van der Waals surface area contributed by atoms with Crippen LogP contribution in [0.25, 0.3) is 0 Å². The van der Waals surface area contributed by atoms with Crippen LogP contribution < -0.4 is 0 Å². The molecule has 3 nitrogen and oxygen atoms in total. The number of carboxylic acid groups (broad SMARTS) is 1. The molecule has 0 unspecified atom stereocenters. The Morgan fingerprint density at radius 1 is 1.47 bits per heavy atom. The van der Waals surface area contributed by atoms with Gasteiger partial charge in [-0.05, 0) is 25.0 Å². The topological polar surface area (TPSA) is 50.2 Å². The molecule has 0 spiro atoms. The highest BCUT2D eigenvalue weighted by Crippen LogP contribution is 2.39. The van der Waals surface area contributed by atoms with E-state index in [-0.39, 0.29) is 5.92 Å². The van der Waals surface area contributed by atoms with Gasteiger partial charge in [0.15, 0.2) is 0 Å². The first-order valence-electron chi connectivity index (χ1n) is 4.62. The third kappa shape index (κ3) is 1.95. The van der Waals surface area contributed by atoms with Crippen LogP contribution in [0.5, 0.6) is 0 Å². The minimum absolute atomic E-state index is 0.241. The van der Waals surface area contributed by atoms with Gasteiger partial charge in [-0.1, -0.05) is 0 Å². The van der Waals surface area contributed by atoms with Gasteiger partial charge in [0.2, 0.25) is 0 Å². The van der Waals surface area contributed by atoms with Crippen LogP contribution >= 0.6 is 0 Å². The van der Waals surface area contributed by atoms with Crippen molar-refractivity contribution in [3.05, 3.63) is 29.1 Å². The lowest BCUT2D eigenvalue weighted by Crippen LogP contribution is -2.06. The van der Waals surface area contributed by atoms with Crippen LogP contribution in [-0.2, 0) is 0 Å². The second kappa shape index (κ2) is 3.56. The van der Waals surface area contributed by atoms with Crippen LogP contribution in [0.1, 0.15) is 46.9 Å². The van der Waals surface area contributed by atoms with Gasteiger partial charge < -0.3 is 5.11 Å². The van der Waals surface area contributed by atoms with E-state index in [1.807, 2.05) is 0 Å². The van der Waals surface area contributed by atoms with Crippen molar-refractivity contribution in [1.82, 2.24) is 4.98 Å². The number of rotatable bonds is 3. The van der Waals surface area contributed by atoms with Crippen molar-refractivity contribution in [2.24, 2.45) is 0 Å². The van der Waals surface area contributed by atoms with Crippen molar-refractivity contribution in [2.45, 2.75) is 25.2 Å². The molecule has 1 heterocycles. The standard InChI is InChI=1S/C10H9F2NO2/c11-9(12)8-6(10(14)15)3-4-7(13-8)5-1-2-5/h3-5,9H,1-2H2,(H,14,15). The van der Waals surface area contributed by atoms with Crippen molar-refractivity contribution in [3.8, 4) is 0 Å². The molecule has 0 aromatic carbocycles. The summed E-state index contributed by atoms with van der Waals surface area (Å²) in [4.78, 5) is 14.4. The summed E-state index contributed by atoms with van der Waals surface area (Å²) in [5.41, 5.74) is -0.448. The van der Waals surface area contributed by atoms with Crippen molar-refractivity contribution < 1.29 is 18.7 Å². The Morgan fingerprint density at radius 2 is 2.13 bits per heavy atom. The molecule has 1 N–H and O–H groups in total. The van der Waals surface area contributed by atoms with Crippen molar-refractivity contribution in [2.75, 3.05) is 0 Å². The molecule has 0 saturated heterocycles. The van der Waals surface area contributed by atoms with E-state index in [0.717, 1.165) is 12.8 Å². The average molecular weight is 213 g/mol. The zero-order valence-corrected chi connectivity index (χ0v) is 7.78. The number of carbonyl (C=O) groups is 1. The lowest BCUT2D eigenvalue weighted by Gasteiger charge is -2.06. The Balaban J connectivity index is 2.43. The van der Waals surface area contributed by atoms with Gasteiger partial charge in [0.25, 0.3) is 6.43 Å². The Labute approximate surface area is 84.8 Å². The Hall–Kier alpha value is -1.52. The highest BCUT2D eigenvalue weighted by molar-refractivity contribution is 5.88. The molecule has 1 aliphatic carbocycles. The highest BCUT2D eigenvalue weighted by Gasteiger charge is 2.28. The number of pyridine rings is 1. The Morgan fingerprint density at radius 3 is 2.60 bits per heavy atom. The largest absolute Gasteiger partial charge is 0.478 e. The fourth-order valence-electron chi connectivity index (χ4n) is 1.44. The van der Waals surface area contributed by atoms with Gasteiger partial charge in [0.05, 0.1) is 5.56 Å². The Kier molecular flexibility index (Phi) is 2.38. The predicted octanol–water partition coefficient (Wildman–Crippen LogP) is 2.59. The summed E-state index contributed by atoms with van der Waals surface area (Å²) in [5, 5.41) is 8.69. The van der Waals surface area contributed by atoms with Crippen LogP contribution in [0.15, 0.2) is 12.1 Å². The molecule has 1 aromatic rings. The summed E-state index contributed by atoms with van der Waals surface area (Å²) in [6.07, 6.45) is -0.945. The zero-order valence-electron chi connectivity index (χ0n) is 7.78. The maximum Gasteiger partial charge on any atom is 0.337 e. The number of nitrogens with zero attached hydrogens (tertiary/aromatic N) is 1. The molecule has 0 aliphatic heterocycles. The van der Waals surface area contributed by atoms with Gasteiger partial charge in [-0.25, -0.2) is 13.6 Å². The molecule has 1 aromatic heterocycles. The van der Waals surface area contributed by atoms with Gasteiger partial charge >= 0.3 is 5.97 Å². The van der Waals surface area contributed by atoms with Gasteiger partial charge in [-0.3, -0.25) is 4.98 Å². The van der Waals surface area contributed by atoms with Gasteiger partial charge in [0.1, 0.15) is 5.69 Å². The third-order valence-corrected chi connectivity index (χ3v) is 2.38. The molecule has 80 valence electrons. The third-order valence-electron chi connectivity index (χ3n) is 2.38. The maximum absolute atomic E-state index is 12.5. The molecular formula is C10H9F2NO2. The van der Waals surface area contributed by atoms with Gasteiger partial charge in [-0.15, -0.1) is 0 Å². The molecule has 0 bridgehead atoms. The monoisotopic (exact) mass is 213 g/mol. The van der Waals surface area contributed by atoms with Crippen LogP contribution in [0.3, 0.4) is 0 Å². The number of aromatic nitrogens is 1. The van der Waals surface area contributed by atoms with Crippen molar-refractivity contribution in [1.29, 1.82) is 0 Å². The fraction of sp³-hybridized carbons (Fsp3) is 0.400. The van der Waals surface area contributed by atoms with Crippen LogP contribution in [0, 0.1) is 0 Å². The van der Waals surface area contributed by atoms with E-state index in [2.05, 4.69) is 4.98 Å². The summed E-state index contributed by atoms with van der Waals surface area (Å²) in [6.45, 7) is 0. The molecule has 5 heteroatoms. The van der Waals surface area contributed by atoms with E-state index in [1.165, 1.54) is 12.1 Å². The van der Waals surface area contributed by atoms with Crippen LogP contribution in [0.4, 0.5) is 8.78 Å². The van der Waals surface area contributed by atoms with Gasteiger partial charge in [-0.2, -0.15) is 0 Å². The summed E-state index contributed by atoms with van der Waals surface area (Å²) >= 11 is 0. The van der Waals surface area contributed by atoms with Crippen LogP contribution in [0.2, 0.25) is 0 Å². The highest BCUT2D eigenvalue weighted by atomic mass is 19.3. The van der Waals surface area contributed by atoms with E-state index in [1.54, 1.807) is 0 Å². The second-order valence-electron chi connectivity index (χ2n) is 3.55. The maximum atomic E-state index is 12.5. The number of alkyl halides is 2. The zero-order chi connectivity index (χ0) is 11.0. The normalized spacial score (nSPS) is 15.7. The fourth-order valence-corrected chi connectivity index (χ4v) is 1.44. The molecule has 1 fully saturated rings. The summed E-state index contributed by atoms with van der Waals surface area (Å²) < 4.78 is 25.1. The summed E-state index contributed by atoms with van der Waals surface area (Å²) in [5.74, 6) is -1.12. The lowest BCUT2D eigenvalue weighted by atomic mass is 10.1. The van der Waals surface area contributed by atoms with Gasteiger partial charge in [0, 0.05) is 11.6 Å². The van der Waals surface area contributed by atoms with E-state index >= 15 is 0 Å². The number of carboxylic acids is 1. The number of hydrogen-bond donors (Lipinski definition) is 1. The van der Waals surface area contributed by atoms with Crippen molar-refractivity contribution >= 4 is 5.97 Å². The first kappa shape index (κ1) is 10.0. The first-order valence-corrected chi connectivity index (χ1v) is 4.62. The SMILES string of the molecule is O=C(O)c1ccc(C2CC2)nc1C(F)F. The number of aromatic carboxylic acids is 1. The Bertz CT molecular complexity index is 402. The molecule has 1 saturated carbocycles. The molecule has 0 atom stereocenters. The molecule has 2 rings (SSSR count). The minimum Gasteiger partial charge on any atom is -0.478 e. The molecule has 0 radical (unpaired) electrons. The number of hydrogen-bond acceptors (Lipinski definition) is 2. The smallest absolute Gasteiger partial charge is 0.337 e. The van der Waals surface area contributed by atoms with E-state index < -0.39 is 23.7 Å². The first-order chi connectivity index (χ1) is 7.09. The van der Waals surface area contributed by atoms with E-state index in [0.29, 0.717) is 5.69 Å². The minimum atomic E-state index is -2.84. The molecule has 15 heavy (non-hydrogen) atoms. The summed E-state index contributed by atoms with van der Waals surface area (Å²) in [6, 6.07) is 2.73. The lowest BCUT2D eigenvalue weighted by molar-refractivity contribution is 0.0682. The molecule has 0 amide bonds. The molecular weight excluding hydrogens is 204 g/mol. The molecule has 1 aliphatic rings.